The van der Waals surface area contributed by atoms with Gasteiger partial charge >= 0.3 is 5.97 Å². The summed E-state index contributed by atoms with van der Waals surface area (Å²) >= 11 is 0. The summed E-state index contributed by atoms with van der Waals surface area (Å²) < 4.78 is 4.83. The third-order valence-electron chi connectivity index (χ3n) is 4.15. The fourth-order valence-corrected chi connectivity index (χ4v) is 3.33. The van der Waals surface area contributed by atoms with Crippen LogP contribution in [0.4, 0.5) is 0 Å². The lowest BCUT2D eigenvalue weighted by atomic mass is 9.72. The lowest BCUT2D eigenvalue weighted by Crippen LogP contribution is -2.25. The molecule has 100 valence electrons. The molecule has 0 aromatic carbocycles. The third kappa shape index (κ3) is 4.69. The Morgan fingerprint density at radius 3 is 2.29 bits per heavy atom. The van der Waals surface area contributed by atoms with E-state index in [1.54, 1.807) is 0 Å². The average Bonchev–Trinajstić information content (AvgIpc) is 2.28. The molecule has 0 bridgehead atoms. The van der Waals surface area contributed by atoms with Crippen molar-refractivity contribution >= 4 is 5.97 Å². The fourth-order valence-electron chi connectivity index (χ4n) is 3.33. The number of hydrogen-bond acceptors (Lipinski definition) is 2. The fraction of sp³-hybridized carbons (Fsp3) is 0.933. The van der Waals surface area contributed by atoms with Crippen molar-refractivity contribution in [3.63, 3.8) is 0 Å². The van der Waals surface area contributed by atoms with Crippen molar-refractivity contribution in [1.29, 1.82) is 0 Å². The Hall–Kier alpha value is -0.530. The Bertz CT molecular complexity index is 237. The average molecular weight is 240 g/mol. The summed E-state index contributed by atoms with van der Waals surface area (Å²) in [5, 5.41) is 0. The number of carbonyl (C=O) groups is 1. The number of methoxy groups -OCH3 is 1. The van der Waals surface area contributed by atoms with E-state index in [-0.39, 0.29) is 11.9 Å². The number of esters is 1. The van der Waals surface area contributed by atoms with Crippen molar-refractivity contribution in [2.75, 3.05) is 7.11 Å². The molecule has 2 nitrogen and oxygen atoms in total. The zero-order chi connectivity index (χ0) is 12.9. The molecule has 0 aliphatic heterocycles. The molecule has 0 atom stereocenters. The summed E-state index contributed by atoms with van der Waals surface area (Å²) in [6.07, 6.45) is 8.35. The van der Waals surface area contributed by atoms with Crippen LogP contribution in [0.3, 0.4) is 0 Å². The van der Waals surface area contributed by atoms with Gasteiger partial charge in [0.25, 0.3) is 0 Å². The van der Waals surface area contributed by atoms with Gasteiger partial charge in [-0.15, -0.1) is 0 Å². The second kappa shape index (κ2) is 6.42. The van der Waals surface area contributed by atoms with E-state index in [1.807, 2.05) is 0 Å². The molecular formula is C15H28O2. The molecule has 1 fully saturated rings. The molecule has 0 amide bonds. The van der Waals surface area contributed by atoms with Crippen LogP contribution in [-0.4, -0.2) is 13.1 Å². The molecule has 0 aromatic rings. The van der Waals surface area contributed by atoms with Crippen molar-refractivity contribution in [2.24, 2.45) is 17.3 Å². The van der Waals surface area contributed by atoms with E-state index < -0.39 is 0 Å². The van der Waals surface area contributed by atoms with E-state index >= 15 is 0 Å². The van der Waals surface area contributed by atoms with Gasteiger partial charge in [0, 0.05) is 0 Å². The van der Waals surface area contributed by atoms with E-state index in [0.717, 1.165) is 18.8 Å². The Kier molecular flexibility index (Phi) is 5.48. The first kappa shape index (κ1) is 14.5. The van der Waals surface area contributed by atoms with E-state index in [1.165, 1.54) is 39.2 Å². The van der Waals surface area contributed by atoms with E-state index in [0.29, 0.717) is 5.41 Å². The molecule has 2 heteroatoms. The molecule has 1 aliphatic rings. The zero-order valence-corrected chi connectivity index (χ0v) is 11.9. The molecule has 1 saturated carbocycles. The van der Waals surface area contributed by atoms with Crippen LogP contribution in [-0.2, 0) is 9.53 Å². The van der Waals surface area contributed by atoms with Gasteiger partial charge in [-0.25, -0.2) is 0 Å². The quantitative estimate of drug-likeness (QED) is 0.674. The monoisotopic (exact) mass is 240 g/mol. The van der Waals surface area contributed by atoms with Crippen molar-refractivity contribution in [3.05, 3.63) is 0 Å². The SMILES string of the molecule is CCCC(C)(C)C[C@H]1CC[C@H](C(=O)OC)CC1. The smallest absolute Gasteiger partial charge is 0.308 e. The van der Waals surface area contributed by atoms with Crippen molar-refractivity contribution in [1.82, 2.24) is 0 Å². The molecule has 1 rings (SSSR count). The van der Waals surface area contributed by atoms with Gasteiger partial charge in [-0.2, -0.15) is 0 Å². The maximum absolute atomic E-state index is 11.4. The Morgan fingerprint density at radius 1 is 1.24 bits per heavy atom. The molecule has 0 heterocycles. The van der Waals surface area contributed by atoms with Gasteiger partial charge in [-0.1, -0.05) is 27.2 Å². The molecule has 1 aliphatic carbocycles. The molecule has 0 unspecified atom stereocenters. The third-order valence-corrected chi connectivity index (χ3v) is 4.15. The van der Waals surface area contributed by atoms with Crippen molar-refractivity contribution in [2.45, 2.75) is 65.7 Å². The Morgan fingerprint density at radius 2 is 1.82 bits per heavy atom. The Labute approximate surface area is 106 Å². The van der Waals surface area contributed by atoms with Crippen LogP contribution in [0.1, 0.15) is 65.7 Å². The van der Waals surface area contributed by atoms with E-state index in [4.69, 9.17) is 4.74 Å². The minimum absolute atomic E-state index is 0.00346. The highest BCUT2D eigenvalue weighted by atomic mass is 16.5. The summed E-state index contributed by atoms with van der Waals surface area (Å²) in [6.45, 7) is 7.02. The number of rotatable bonds is 5. The van der Waals surface area contributed by atoms with E-state index in [2.05, 4.69) is 20.8 Å². The summed E-state index contributed by atoms with van der Waals surface area (Å²) in [7, 11) is 1.50. The maximum atomic E-state index is 11.4. The van der Waals surface area contributed by atoms with Crippen LogP contribution in [0.25, 0.3) is 0 Å². The summed E-state index contributed by atoms with van der Waals surface area (Å²) in [6, 6.07) is 0. The van der Waals surface area contributed by atoms with E-state index in [9.17, 15) is 4.79 Å². The first-order valence-electron chi connectivity index (χ1n) is 7.06. The molecular weight excluding hydrogens is 212 g/mol. The first-order valence-corrected chi connectivity index (χ1v) is 7.06. The van der Waals surface area contributed by atoms with Crippen molar-refractivity contribution < 1.29 is 9.53 Å². The maximum Gasteiger partial charge on any atom is 0.308 e. The van der Waals surface area contributed by atoms with Gasteiger partial charge in [0.15, 0.2) is 0 Å². The highest BCUT2D eigenvalue weighted by Gasteiger charge is 2.30. The van der Waals surface area contributed by atoms with Gasteiger partial charge < -0.3 is 4.74 Å². The molecule has 0 radical (unpaired) electrons. The molecule has 0 aromatic heterocycles. The standard InChI is InChI=1S/C15H28O2/c1-5-10-15(2,3)11-12-6-8-13(9-7-12)14(16)17-4/h12-13H,5-11H2,1-4H3/t12-,13-. The first-order chi connectivity index (χ1) is 7.98. The predicted molar refractivity (Wildman–Crippen MR) is 70.8 cm³/mol. The minimum atomic E-state index is -0.00346. The predicted octanol–water partition coefficient (Wildman–Crippen LogP) is 4.18. The summed E-state index contributed by atoms with van der Waals surface area (Å²) in [5.41, 5.74) is 0.470. The molecule has 17 heavy (non-hydrogen) atoms. The van der Waals surface area contributed by atoms with Crippen LogP contribution in [0, 0.1) is 17.3 Å². The van der Waals surface area contributed by atoms with Crippen LogP contribution >= 0.6 is 0 Å². The van der Waals surface area contributed by atoms with Gasteiger partial charge in [-0.3, -0.25) is 4.79 Å². The number of carbonyl (C=O) groups excluding carboxylic acids is 1. The highest BCUT2D eigenvalue weighted by Crippen LogP contribution is 2.38. The van der Waals surface area contributed by atoms with Gasteiger partial charge in [0.1, 0.15) is 0 Å². The van der Waals surface area contributed by atoms with Crippen molar-refractivity contribution in [3.8, 4) is 0 Å². The lowest BCUT2D eigenvalue weighted by Gasteiger charge is -2.33. The number of ether oxygens (including phenoxy) is 1. The van der Waals surface area contributed by atoms with Crippen LogP contribution in [0.2, 0.25) is 0 Å². The van der Waals surface area contributed by atoms with Gasteiger partial charge in [0.05, 0.1) is 13.0 Å². The molecule has 0 spiro atoms. The lowest BCUT2D eigenvalue weighted by molar-refractivity contribution is -0.146. The second-order valence-corrected chi connectivity index (χ2v) is 6.36. The van der Waals surface area contributed by atoms with Crippen LogP contribution in [0.5, 0.6) is 0 Å². The normalized spacial score (nSPS) is 25.6. The van der Waals surface area contributed by atoms with Crippen LogP contribution in [0.15, 0.2) is 0 Å². The minimum Gasteiger partial charge on any atom is -0.469 e. The second-order valence-electron chi connectivity index (χ2n) is 6.36. The zero-order valence-electron chi connectivity index (χ0n) is 11.9. The van der Waals surface area contributed by atoms with Crippen LogP contribution < -0.4 is 0 Å². The van der Waals surface area contributed by atoms with Gasteiger partial charge in [-0.05, 0) is 49.9 Å². The summed E-state index contributed by atoms with van der Waals surface area (Å²) in [4.78, 5) is 11.4. The molecule has 0 N–H and O–H groups in total. The number of hydrogen-bond donors (Lipinski definition) is 0. The topological polar surface area (TPSA) is 26.3 Å². The highest BCUT2D eigenvalue weighted by molar-refractivity contribution is 5.72. The Balaban J connectivity index is 2.34. The summed E-state index contributed by atoms with van der Waals surface area (Å²) in [5.74, 6) is 0.985. The largest absolute Gasteiger partial charge is 0.469 e. The van der Waals surface area contributed by atoms with Gasteiger partial charge in [0.2, 0.25) is 0 Å². The molecule has 0 saturated heterocycles.